The fraction of sp³-hybridized carbons (Fsp3) is 0.190. The molecule has 0 saturated heterocycles. The van der Waals surface area contributed by atoms with Crippen LogP contribution in [0.2, 0.25) is 0 Å². The first-order valence-corrected chi connectivity index (χ1v) is 12.7. The molecule has 0 bridgehead atoms. The molecule has 1 N–H and O–H groups in total. The van der Waals surface area contributed by atoms with E-state index in [1.165, 1.54) is 42.3 Å². The van der Waals surface area contributed by atoms with E-state index in [4.69, 9.17) is 4.74 Å². The highest BCUT2D eigenvalue weighted by molar-refractivity contribution is 8.01. The molecule has 1 amide bonds. The Morgan fingerprint density at radius 3 is 2.62 bits per heavy atom. The van der Waals surface area contributed by atoms with Gasteiger partial charge in [-0.1, -0.05) is 59.0 Å². The van der Waals surface area contributed by atoms with Crippen molar-refractivity contribution < 1.29 is 17.9 Å². The molecule has 0 aliphatic rings. The Morgan fingerprint density at radius 1 is 1.22 bits per heavy atom. The van der Waals surface area contributed by atoms with Gasteiger partial charge in [-0.25, -0.2) is 8.42 Å². The maximum absolute atomic E-state index is 13.5. The third kappa shape index (κ3) is 5.67. The van der Waals surface area contributed by atoms with Crippen LogP contribution in [0.4, 0.5) is 10.8 Å². The molecule has 8 nitrogen and oxygen atoms in total. The molecule has 0 aliphatic carbocycles. The van der Waals surface area contributed by atoms with E-state index in [2.05, 4.69) is 22.1 Å². The van der Waals surface area contributed by atoms with Gasteiger partial charge in [-0.05, 0) is 31.2 Å². The predicted octanol–water partition coefficient (Wildman–Crippen LogP) is 3.97. The summed E-state index contributed by atoms with van der Waals surface area (Å²) in [6.45, 7) is 5.05. The molecule has 0 atom stereocenters. The number of sulfonamides is 1. The van der Waals surface area contributed by atoms with Crippen molar-refractivity contribution in [1.29, 1.82) is 0 Å². The van der Waals surface area contributed by atoms with Crippen LogP contribution in [0.3, 0.4) is 0 Å². The van der Waals surface area contributed by atoms with Gasteiger partial charge < -0.3 is 4.74 Å². The maximum atomic E-state index is 13.5. The lowest BCUT2D eigenvalue weighted by atomic mass is 10.2. The summed E-state index contributed by atoms with van der Waals surface area (Å²) in [5.41, 5.74) is 1.18. The third-order valence-corrected chi connectivity index (χ3v) is 7.97. The smallest absolute Gasteiger partial charge is 0.264 e. The number of thioether (sulfide) groups is 1. The molecule has 0 aliphatic heterocycles. The zero-order valence-electron chi connectivity index (χ0n) is 17.5. The van der Waals surface area contributed by atoms with E-state index in [1.807, 2.05) is 6.92 Å². The van der Waals surface area contributed by atoms with E-state index < -0.39 is 22.5 Å². The molecule has 0 saturated carbocycles. The monoisotopic (exact) mass is 490 g/mol. The molecule has 0 fully saturated rings. The van der Waals surface area contributed by atoms with Crippen LogP contribution in [0.1, 0.15) is 5.56 Å². The molecule has 168 valence electrons. The van der Waals surface area contributed by atoms with Crippen molar-refractivity contribution in [3.05, 3.63) is 66.7 Å². The van der Waals surface area contributed by atoms with Crippen LogP contribution in [-0.4, -0.2) is 43.9 Å². The molecule has 1 aromatic heterocycles. The maximum Gasteiger partial charge on any atom is 0.264 e. The summed E-state index contributed by atoms with van der Waals surface area (Å²) in [5, 5.41) is 10.9. The Morgan fingerprint density at radius 2 is 1.94 bits per heavy atom. The quantitative estimate of drug-likeness (QED) is 0.261. The van der Waals surface area contributed by atoms with Gasteiger partial charge in [0.2, 0.25) is 11.0 Å². The number of aryl methyl sites for hydroxylation is 1. The average Bonchev–Trinajstić information content (AvgIpc) is 3.23. The lowest BCUT2D eigenvalue weighted by Crippen LogP contribution is -2.38. The number of nitrogens with one attached hydrogen (secondary N) is 1. The normalized spacial score (nSPS) is 11.1. The first-order chi connectivity index (χ1) is 15.3. The van der Waals surface area contributed by atoms with Gasteiger partial charge in [0.25, 0.3) is 10.0 Å². The van der Waals surface area contributed by atoms with Crippen LogP contribution in [-0.2, 0) is 14.8 Å². The Bertz CT molecular complexity index is 1190. The molecule has 1 heterocycles. The number of para-hydroxylation sites is 2. The second-order valence-electron chi connectivity index (χ2n) is 6.52. The van der Waals surface area contributed by atoms with Crippen LogP contribution in [0, 0.1) is 6.92 Å². The van der Waals surface area contributed by atoms with Crippen LogP contribution in [0.25, 0.3) is 0 Å². The summed E-state index contributed by atoms with van der Waals surface area (Å²) in [5.74, 6) is 0.442. The van der Waals surface area contributed by atoms with Crippen molar-refractivity contribution in [3.8, 4) is 5.75 Å². The molecule has 0 radical (unpaired) electrons. The Hall–Kier alpha value is -2.89. The second-order valence-corrected chi connectivity index (χ2v) is 10.6. The predicted molar refractivity (Wildman–Crippen MR) is 128 cm³/mol. The molecule has 3 rings (SSSR count). The Kier molecular flexibility index (Phi) is 7.89. The van der Waals surface area contributed by atoms with E-state index >= 15 is 0 Å². The summed E-state index contributed by atoms with van der Waals surface area (Å²) in [4.78, 5) is 12.9. The van der Waals surface area contributed by atoms with E-state index in [-0.39, 0.29) is 15.7 Å². The number of carbonyl (C=O) groups excluding carboxylic acids is 1. The fourth-order valence-electron chi connectivity index (χ4n) is 2.71. The minimum absolute atomic E-state index is 0.0702. The van der Waals surface area contributed by atoms with Crippen LogP contribution >= 0.6 is 23.1 Å². The summed E-state index contributed by atoms with van der Waals surface area (Å²) >= 11 is 2.64. The number of anilines is 2. The lowest BCUT2D eigenvalue weighted by Gasteiger charge is -2.25. The van der Waals surface area contributed by atoms with Crippen molar-refractivity contribution in [2.45, 2.75) is 16.2 Å². The van der Waals surface area contributed by atoms with Crippen LogP contribution in [0.5, 0.6) is 5.75 Å². The van der Waals surface area contributed by atoms with E-state index in [0.717, 1.165) is 9.87 Å². The topological polar surface area (TPSA) is 101 Å². The molecule has 0 spiro atoms. The summed E-state index contributed by atoms with van der Waals surface area (Å²) in [6.07, 6.45) is 1.74. The van der Waals surface area contributed by atoms with Gasteiger partial charge in [0.15, 0.2) is 4.34 Å². The number of amides is 1. The minimum Gasteiger partial charge on any atom is -0.495 e. The summed E-state index contributed by atoms with van der Waals surface area (Å²) < 4.78 is 34.0. The number of carbonyl (C=O) groups is 1. The number of ether oxygens (including phenoxy) is 1. The van der Waals surface area contributed by atoms with E-state index in [1.54, 1.807) is 42.5 Å². The molecular formula is C21H22N4O4S3. The fourth-order valence-corrected chi connectivity index (χ4v) is 5.67. The zero-order chi connectivity index (χ0) is 23.1. The molecule has 11 heteroatoms. The van der Waals surface area contributed by atoms with Gasteiger partial charge in [0.1, 0.15) is 12.3 Å². The number of nitrogens with zero attached hydrogens (tertiary/aromatic N) is 3. The minimum atomic E-state index is -4.05. The highest BCUT2D eigenvalue weighted by Gasteiger charge is 2.29. The van der Waals surface area contributed by atoms with Crippen molar-refractivity contribution in [3.63, 3.8) is 0 Å². The van der Waals surface area contributed by atoms with Gasteiger partial charge in [-0.3, -0.25) is 14.4 Å². The SMILES string of the molecule is C=CCSc1nnc(NC(=O)CN(c2ccccc2OC)S(=O)(=O)c2ccc(C)cc2)s1. The number of aromatic nitrogens is 2. The highest BCUT2D eigenvalue weighted by Crippen LogP contribution is 2.32. The molecule has 3 aromatic rings. The van der Waals surface area contributed by atoms with E-state index in [0.29, 0.717) is 15.8 Å². The summed E-state index contributed by atoms with van der Waals surface area (Å²) in [6, 6.07) is 13.1. The Balaban J connectivity index is 1.90. The zero-order valence-corrected chi connectivity index (χ0v) is 20.0. The highest BCUT2D eigenvalue weighted by atomic mass is 32.2. The van der Waals surface area contributed by atoms with Gasteiger partial charge in [-0.2, -0.15) is 0 Å². The lowest BCUT2D eigenvalue weighted by molar-refractivity contribution is -0.114. The average molecular weight is 491 g/mol. The standard InChI is InChI=1S/C21H22N4O4S3/c1-4-13-30-21-24-23-20(31-21)22-19(26)14-25(17-7-5-6-8-18(17)29-3)32(27,28)16-11-9-15(2)10-12-16/h4-12H,1,13-14H2,2-3H3,(H,22,23,26). The molecule has 2 aromatic carbocycles. The van der Waals surface area contributed by atoms with Gasteiger partial charge in [0, 0.05) is 5.75 Å². The molecule has 32 heavy (non-hydrogen) atoms. The van der Waals surface area contributed by atoms with Gasteiger partial charge in [0.05, 0.1) is 17.7 Å². The summed E-state index contributed by atoms with van der Waals surface area (Å²) in [7, 11) is -2.61. The largest absolute Gasteiger partial charge is 0.495 e. The van der Waals surface area contributed by atoms with Crippen molar-refractivity contribution in [2.24, 2.45) is 0 Å². The number of hydrogen-bond acceptors (Lipinski definition) is 8. The number of benzene rings is 2. The second kappa shape index (κ2) is 10.6. The first-order valence-electron chi connectivity index (χ1n) is 9.44. The van der Waals surface area contributed by atoms with Crippen molar-refractivity contribution in [2.75, 3.05) is 29.0 Å². The molecule has 0 unspecified atom stereocenters. The van der Waals surface area contributed by atoms with Gasteiger partial charge in [-0.15, -0.1) is 16.8 Å². The van der Waals surface area contributed by atoms with Crippen LogP contribution < -0.4 is 14.4 Å². The number of rotatable bonds is 10. The van der Waals surface area contributed by atoms with Crippen molar-refractivity contribution in [1.82, 2.24) is 10.2 Å². The Labute approximate surface area is 195 Å². The van der Waals surface area contributed by atoms with E-state index in [9.17, 15) is 13.2 Å². The first kappa shape index (κ1) is 23.8. The molecular weight excluding hydrogens is 468 g/mol. The number of hydrogen-bond donors (Lipinski definition) is 1. The third-order valence-electron chi connectivity index (χ3n) is 4.23. The van der Waals surface area contributed by atoms with Gasteiger partial charge >= 0.3 is 0 Å². The van der Waals surface area contributed by atoms with Crippen molar-refractivity contribution >= 4 is 49.8 Å². The number of methoxy groups -OCH3 is 1. The van der Waals surface area contributed by atoms with Crippen LogP contribution in [0.15, 0.2) is 70.4 Å².